The van der Waals surface area contributed by atoms with Crippen molar-refractivity contribution >= 4 is 11.8 Å². The zero-order valence-electron chi connectivity index (χ0n) is 11.2. The minimum absolute atomic E-state index is 0.173. The van der Waals surface area contributed by atoms with Gasteiger partial charge in [0.05, 0.1) is 13.2 Å². The smallest absolute Gasteiger partial charge is 0.316 e. The molecule has 0 aliphatic carbocycles. The van der Waals surface area contributed by atoms with Crippen molar-refractivity contribution in [3.63, 3.8) is 0 Å². The molecule has 0 N–H and O–H groups in total. The van der Waals surface area contributed by atoms with Crippen LogP contribution in [0.4, 0.5) is 0 Å². The third-order valence-electron chi connectivity index (χ3n) is 2.41. The first kappa shape index (κ1) is 16.1. The van der Waals surface area contributed by atoms with Crippen molar-refractivity contribution in [1.82, 2.24) is 0 Å². The highest BCUT2D eigenvalue weighted by Gasteiger charge is 2.23. The molecule has 0 rings (SSSR count). The summed E-state index contributed by atoms with van der Waals surface area (Å²) in [6, 6.07) is 0. The maximum atomic E-state index is 11.6. The van der Waals surface area contributed by atoms with Gasteiger partial charge in [0.25, 0.3) is 0 Å². The number of carbonyl (C=O) groups is 2. The number of esters is 1. The van der Waals surface area contributed by atoms with Crippen LogP contribution in [-0.4, -0.2) is 37.9 Å². The SMILES string of the molecule is CCOC(=O)C(C)C(=O)CCOC(C)(C)OC. The lowest BCUT2D eigenvalue weighted by atomic mass is 10.0. The molecule has 0 spiro atoms. The molecule has 5 nitrogen and oxygen atoms in total. The second-order valence-electron chi connectivity index (χ2n) is 4.14. The quantitative estimate of drug-likeness (QED) is 0.369. The van der Waals surface area contributed by atoms with E-state index in [1.807, 2.05) is 0 Å². The molecule has 0 aliphatic rings. The van der Waals surface area contributed by atoms with E-state index in [4.69, 9.17) is 14.2 Å². The molecule has 0 saturated heterocycles. The van der Waals surface area contributed by atoms with Crippen molar-refractivity contribution in [2.24, 2.45) is 5.92 Å². The molecule has 0 aromatic carbocycles. The summed E-state index contributed by atoms with van der Waals surface area (Å²) in [6.07, 6.45) is 0.173. The van der Waals surface area contributed by atoms with Crippen molar-refractivity contribution in [3.8, 4) is 0 Å². The van der Waals surface area contributed by atoms with Gasteiger partial charge < -0.3 is 14.2 Å². The van der Waals surface area contributed by atoms with Gasteiger partial charge in [0.15, 0.2) is 5.79 Å². The molecule has 5 heteroatoms. The number of ether oxygens (including phenoxy) is 3. The monoisotopic (exact) mass is 246 g/mol. The van der Waals surface area contributed by atoms with E-state index < -0.39 is 17.7 Å². The first-order valence-corrected chi connectivity index (χ1v) is 5.72. The van der Waals surface area contributed by atoms with Crippen LogP contribution in [0.1, 0.15) is 34.1 Å². The summed E-state index contributed by atoms with van der Waals surface area (Å²) in [7, 11) is 1.53. The molecule has 0 heterocycles. The van der Waals surface area contributed by atoms with Crippen molar-refractivity contribution in [2.45, 2.75) is 39.9 Å². The Hall–Kier alpha value is -0.940. The average Bonchev–Trinajstić information content (AvgIpc) is 2.28. The van der Waals surface area contributed by atoms with E-state index in [0.29, 0.717) is 0 Å². The Bertz CT molecular complexity index is 260. The maximum Gasteiger partial charge on any atom is 0.316 e. The molecule has 0 aromatic rings. The average molecular weight is 246 g/mol. The summed E-state index contributed by atoms with van der Waals surface area (Å²) in [6.45, 7) is 7.27. The second-order valence-corrected chi connectivity index (χ2v) is 4.14. The molecule has 17 heavy (non-hydrogen) atoms. The molecule has 100 valence electrons. The number of hydrogen-bond donors (Lipinski definition) is 0. The standard InChI is InChI=1S/C12H22O5/c1-6-16-11(14)9(2)10(13)7-8-17-12(3,4)15-5/h9H,6-8H2,1-5H3. The zero-order chi connectivity index (χ0) is 13.5. The summed E-state index contributed by atoms with van der Waals surface area (Å²) in [5.41, 5.74) is 0. The second kappa shape index (κ2) is 7.40. The molecule has 1 unspecified atom stereocenters. The number of Topliss-reactive ketones (excluding diaryl/α,β-unsaturated/α-hetero) is 1. The van der Waals surface area contributed by atoms with Crippen LogP contribution >= 0.6 is 0 Å². The number of ketones is 1. The Morgan fingerprint density at radius 2 is 1.88 bits per heavy atom. The van der Waals surface area contributed by atoms with Gasteiger partial charge in [-0.05, 0) is 27.7 Å². The normalized spacial score (nSPS) is 13.2. The highest BCUT2D eigenvalue weighted by molar-refractivity contribution is 5.98. The third kappa shape index (κ3) is 6.38. The lowest BCUT2D eigenvalue weighted by molar-refractivity contribution is -0.197. The van der Waals surface area contributed by atoms with Gasteiger partial charge in [-0.15, -0.1) is 0 Å². The van der Waals surface area contributed by atoms with Crippen LogP contribution in [0, 0.1) is 5.92 Å². The summed E-state index contributed by atoms with van der Waals surface area (Å²) >= 11 is 0. The molecule has 0 bridgehead atoms. The lowest BCUT2D eigenvalue weighted by Crippen LogP contribution is -2.29. The maximum absolute atomic E-state index is 11.6. The summed E-state index contributed by atoms with van der Waals surface area (Å²) in [5, 5.41) is 0. The Labute approximate surface area is 102 Å². The summed E-state index contributed by atoms with van der Waals surface area (Å²) < 4.78 is 15.2. The fourth-order valence-corrected chi connectivity index (χ4v) is 1.07. The van der Waals surface area contributed by atoms with E-state index in [2.05, 4.69) is 0 Å². The Morgan fingerprint density at radius 3 is 2.35 bits per heavy atom. The first-order valence-electron chi connectivity index (χ1n) is 5.72. The summed E-state index contributed by atoms with van der Waals surface area (Å²) in [4.78, 5) is 22.9. The molecule has 0 aromatic heterocycles. The van der Waals surface area contributed by atoms with Crippen LogP contribution in [0.25, 0.3) is 0 Å². The van der Waals surface area contributed by atoms with E-state index in [0.717, 1.165) is 0 Å². The minimum atomic E-state index is -0.732. The summed E-state index contributed by atoms with van der Waals surface area (Å²) in [5.74, 6) is -2.11. The number of rotatable bonds is 8. The van der Waals surface area contributed by atoms with Crippen LogP contribution in [0.15, 0.2) is 0 Å². The van der Waals surface area contributed by atoms with Gasteiger partial charge in [-0.25, -0.2) is 0 Å². The van der Waals surface area contributed by atoms with Crippen molar-refractivity contribution in [3.05, 3.63) is 0 Å². The third-order valence-corrected chi connectivity index (χ3v) is 2.41. The highest BCUT2D eigenvalue weighted by atomic mass is 16.7. The Balaban J connectivity index is 3.98. The molecule has 1 atom stereocenters. The number of carbonyl (C=O) groups excluding carboxylic acids is 2. The first-order chi connectivity index (χ1) is 7.84. The topological polar surface area (TPSA) is 61.8 Å². The molecule has 0 saturated carbocycles. The fourth-order valence-electron chi connectivity index (χ4n) is 1.07. The van der Waals surface area contributed by atoms with Gasteiger partial charge >= 0.3 is 5.97 Å². The van der Waals surface area contributed by atoms with Crippen LogP contribution in [0.3, 0.4) is 0 Å². The number of hydrogen-bond acceptors (Lipinski definition) is 5. The predicted molar refractivity (Wildman–Crippen MR) is 62.5 cm³/mol. The van der Waals surface area contributed by atoms with E-state index in [9.17, 15) is 9.59 Å². The van der Waals surface area contributed by atoms with Crippen LogP contribution in [0.5, 0.6) is 0 Å². The molecule has 0 aliphatic heterocycles. The fraction of sp³-hybridized carbons (Fsp3) is 0.833. The van der Waals surface area contributed by atoms with E-state index >= 15 is 0 Å². The van der Waals surface area contributed by atoms with Gasteiger partial charge in [-0.3, -0.25) is 9.59 Å². The Morgan fingerprint density at radius 1 is 1.29 bits per heavy atom. The van der Waals surface area contributed by atoms with E-state index in [1.54, 1.807) is 27.7 Å². The molecular formula is C12H22O5. The van der Waals surface area contributed by atoms with E-state index in [-0.39, 0.29) is 25.4 Å². The van der Waals surface area contributed by atoms with Gasteiger partial charge in [0.2, 0.25) is 0 Å². The van der Waals surface area contributed by atoms with E-state index in [1.165, 1.54) is 7.11 Å². The van der Waals surface area contributed by atoms with Gasteiger partial charge in [0.1, 0.15) is 11.7 Å². The molecule has 0 amide bonds. The minimum Gasteiger partial charge on any atom is -0.465 e. The predicted octanol–water partition coefficient (Wildman–Crippen LogP) is 1.54. The van der Waals surface area contributed by atoms with Crippen LogP contribution < -0.4 is 0 Å². The highest BCUT2D eigenvalue weighted by Crippen LogP contribution is 2.11. The lowest BCUT2D eigenvalue weighted by Gasteiger charge is -2.23. The molecule has 0 fully saturated rings. The van der Waals surface area contributed by atoms with Gasteiger partial charge in [-0.2, -0.15) is 0 Å². The zero-order valence-corrected chi connectivity index (χ0v) is 11.2. The van der Waals surface area contributed by atoms with Crippen molar-refractivity contribution in [1.29, 1.82) is 0 Å². The Kier molecular flexibility index (Phi) is 6.99. The van der Waals surface area contributed by atoms with Crippen molar-refractivity contribution in [2.75, 3.05) is 20.3 Å². The van der Waals surface area contributed by atoms with Crippen LogP contribution in [0.2, 0.25) is 0 Å². The van der Waals surface area contributed by atoms with Gasteiger partial charge in [0, 0.05) is 13.5 Å². The molecular weight excluding hydrogens is 224 g/mol. The number of methoxy groups -OCH3 is 1. The largest absolute Gasteiger partial charge is 0.465 e. The van der Waals surface area contributed by atoms with Crippen LogP contribution in [-0.2, 0) is 23.8 Å². The molecule has 0 radical (unpaired) electrons. The van der Waals surface area contributed by atoms with Gasteiger partial charge in [-0.1, -0.05) is 0 Å². The van der Waals surface area contributed by atoms with Crippen molar-refractivity contribution < 1.29 is 23.8 Å².